The predicted molar refractivity (Wildman–Crippen MR) is 84.4 cm³/mol. The minimum Gasteiger partial charge on any atom is -0.426 e. The molecule has 0 spiro atoms. The number of rotatable bonds is 3. The fraction of sp³-hybridized carbons (Fsp3) is 0.562. The highest BCUT2D eigenvalue weighted by molar-refractivity contribution is 7.13. The quantitative estimate of drug-likeness (QED) is 0.860. The number of carbonyl (C=O) groups is 1. The van der Waals surface area contributed by atoms with Gasteiger partial charge < -0.3 is 14.1 Å². The van der Waals surface area contributed by atoms with Crippen molar-refractivity contribution in [2.24, 2.45) is 11.8 Å². The molecule has 0 bridgehead atoms. The largest absolute Gasteiger partial charge is 0.426 e. The highest BCUT2D eigenvalue weighted by Crippen LogP contribution is 2.36. The lowest BCUT2D eigenvalue weighted by Crippen LogP contribution is -2.31. The van der Waals surface area contributed by atoms with Gasteiger partial charge in [0.05, 0.1) is 17.6 Å². The van der Waals surface area contributed by atoms with Crippen molar-refractivity contribution in [3.8, 4) is 0 Å². The van der Waals surface area contributed by atoms with Crippen molar-refractivity contribution in [2.75, 3.05) is 19.7 Å². The molecule has 2 saturated heterocycles. The van der Waals surface area contributed by atoms with Crippen LogP contribution in [0.1, 0.15) is 26.3 Å². The lowest BCUT2D eigenvalue weighted by atomic mass is 9.90. The van der Waals surface area contributed by atoms with Crippen molar-refractivity contribution in [1.29, 1.82) is 0 Å². The van der Waals surface area contributed by atoms with Gasteiger partial charge in [0.2, 0.25) is 11.8 Å². The molecule has 0 aromatic carbocycles. The fourth-order valence-electron chi connectivity index (χ4n) is 3.52. The number of fused-ring (bicyclic) bond motifs is 1. The third-order valence-electron chi connectivity index (χ3n) is 4.68. The summed E-state index contributed by atoms with van der Waals surface area (Å²) < 4.78 is 11.4. The second-order valence-corrected chi connectivity index (χ2v) is 7.62. The van der Waals surface area contributed by atoms with Crippen molar-refractivity contribution in [1.82, 2.24) is 15.1 Å². The Morgan fingerprint density at radius 2 is 2.22 bits per heavy atom. The normalized spacial score (nSPS) is 26.7. The van der Waals surface area contributed by atoms with Gasteiger partial charge in [-0.25, -0.2) is 0 Å². The van der Waals surface area contributed by atoms with Crippen LogP contribution < -0.4 is 0 Å². The maximum Gasteiger partial charge on any atom is 0.264 e. The van der Waals surface area contributed by atoms with Crippen LogP contribution in [-0.2, 0) is 11.2 Å². The molecule has 6 nitrogen and oxygen atoms in total. The Labute approximate surface area is 138 Å². The molecular weight excluding hydrogens is 314 g/mol. The summed E-state index contributed by atoms with van der Waals surface area (Å²) in [6, 6.07) is 3.90. The smallest absolute Gasteiger partial charge is 0.264 e. The molecule has 2 aliphatic rings. The van der Waals surface area contributed by atoms with E-state index in [-0.39, 0.29) is 12.0 Å². The van der Waals surface area contributed by atoms with Crippen molar-refractivity contribution in [3.63, 3.8) is 0 Å². The van der Waals surface area contributed by atoms with Gasteiger partial charge in [-0.1, -0.05) is 0 Å². The average Bonchev–Trinajstić information content (AvgIpc) is 3.25. The Kier molecular flexibility index (Phi) is 3.69. The van der Waals surface area contributed by atoms with E-state index in [2.05, 4.69) is 10.2 Å². The molecule has 2 aromatic heterocycles. The molecule has 122 valence electrons. The van der Waals surface area contributed by atoms with Gasteiger partial charge in [0.25, 0.3) is 5.91 Å². The maximum absolute atomic E-state index is 12.6. The monoisotopic (exact) mass is 333 g/mol. The molecule has 0 unspecified atom stereocenters. The molecule has 2 fully saturated rings. The molecule has 3 atom stereocenters. The lowest BCUT2D eigenvalue weighted by Gasteiger charge is -2.18. The summed E-state index contributed by atoms with van der Waals surface area (Å²) in [5.74, 6) is 2.06. The summed E-state index contributed by atoms with van der Waals surface area (Å²) in [6.45, 7) is 5.95. The summed E-state index contributed by atoms with van der Waals surface area (Å²) in [4.78, 5) is 16.5. The third kappa shape index (κ3) is 2.79. The molecule has 0 N–H and O–H groups in total. The van der Waals surface area contributed by atoms with E-state index < -0.39 is 0 Å². The van der Waals surface area contributed by atoms with E-state index in [4.69, 9.17) is 9.15 Å². The van der Waals surface area contributed by atoms with Crippen LogP contribution in [0.5, 0.6) is 0 Å². The third-order valence-corrected chi connectivity index (χ3v) is 5.67. The van der Waals surface area contributed by atoms with Gasteiger partial charge in [-0.3, -0.25) is 4.79 Å². The van der Waals surface area contributed by atoms with Gasteiger partial charge in [0.1, 0.15) is 0 Å². The van der Waals surface area contributed by atoms with Crippen LogP contribution in [0, 0.1) is 25.7 Å². The number of hydrogen-bond donors (Lipinski definition) is 0. The molecule has 1 amide bonds. The predicted octanol–water partition coefficient (Wildman–Crippen LogP) is 2.08. The van der Waals surface area contributed by atoms with E-state index in [1.807, 2.05) is 24.0 Å². The number of amides is 1. The molecule has 4 heterocycles. The molecule has 23 heavy (non-hydrogen) atoms. The average molecular weight is 333 g/mol. The van der Waals surface area contributed by atoms with Crippen LogP contribution in [0.2, 0.25) is 0 Å². The zero-order chi connectivity index (χ0) is 16.0. The summed E-state index contributed by atoms with van der Waals surface area (Å²) >= 11 is 1.55. The topological polar surface area (TPSA) is 68.5 Å². The van der Waals surface area contributed by atoms with Gasteiger partial charge in [0, 0.05) is 37.2 Å². The van der Waals surface area contributed by atoms with E-state index in [1.54, 1.807) is 18.3 Å². The number of ether oxygens (including phenoxy) is 1. The van der Waals surface area contributed by atoms with Gasteiger partial charge in [-0.2, -0.15) is 0 Å². The van der Waals surface area contributed by atoms with Crippen LogP contribution in [0.4, 0.5) is 0 Å². The summed E-state index contributed by atoms with van der Waals surface area (Å²) in [7, 11) is 0. The summed E-state index contributed by atoms with van der Waals surface area (Å²) in [5, 5.41) is 7.96. The zero-order valence-corrected chi connectivity index (χ0v) is 14.0. The van der Waals surface area contributed by atoms with Gasteiger partial charge in [-0.15, -0.1) is 21.5 Å². The number of hydrogen-bond acceptors (Lipinski definition) is 6. The minimum atomic E-state index is 0.119. The lowest BCUT2D eigenvalue weighted by molar-refractivity contribution is 0.0680. The standard InChI is InChI=1S/C16H19N3O3S/c1-9-3-4-14(23-9)16(20)19-6-12-11(8-21-13(12)7-19)5-15-18-17-10(2)22-15/h3-4,11-13H,5-8H2,1-2H3/t11-,12+,13+/m1/s1. The number of aryl methyl sites for hydroxylation is 2. The Bertz CT molecular complexity index is 726. The van der Waals surface area contributed by atoms with Crippen LogP contribution in [-0.4, -0.2) is 46.8 Å². The van der Waals surface area contributed by atoms with Crippen molar-refractivity contribution in [3.05, 3.63) is 33.7 Å². The first-order valence-electron chi connectivity index (χ1n) is 7.86. The summed E-state index contributed by atoms with van der Waals surface area (Å²) in [6.07, 6.45) is 0.858. The van der Waals surface area contributed by atoms with Crippen molar-refractivity contribution < 1.29 is 13.9 Å². The van der Waals surface area contributed by atoms with Crippen LogP contribution >= 0.6 is 11.3 Å². The van der Waals surface area contributed by atoms with Gasteiger partial charge >= 0.3 is 0 Å². The fourth-order valence-corrected chi connectivity index (χ4v) is 4.36. The molecule has 0 aliphatic carbocycles. The number of nitrogens with zero attached hydrogens (tertiary/aromatic N) is 3. The van der Waals surface area contributed by atoms with E-state index in [0.29, 0.717) is 36.8 Å². The Balaban J connectivity index is 1.43. The van der Waals surface area contributed by atoms with E-state index in [9.17, 15) is 4.79 Å². The van der Waals surface area contributed by atoms with Crippen molar-refractivity contribution in [2.45, 2.75) is 26.4 Å². The number of aromatic nitrogens is 2. The Hall–Kier alpha value is -1.73. The molecule has 2 aromatic rings. The van der Waals surface area contributed by atoms with Crippen LogP contribution in [0.15, 0.2) is 16.5 Å². The Morgan fingerprint density at radius 3 is 2.91 bits per heavy atom. The second kappa shape index (κ2) is 5.72. The van der Waals surface area contributed by atoms with Gasteiger partial charge in [-0.05, 0) is 25.0 Å². The second-order valence-electron chi connectivity index (χ2n) is 6.34. The molecule has 0 saturated carbocycles. The molecule has 4 rings (SSSR count). The maximum atomic E-state index is 12.6. The first kappa shape index (κ1) is 14.8. The first-order chi connectivity index (χ1) is 11.1. The van der Waals surface area contributed by atoms with E-state index >= 15 is 0 Å². The van der Waals surface area contributed by atoms with Crippen LogP contribution in [0.3, 0.4) is 0 Å². The van der Waals surface area contributed by atoms with E-state index in [0.717, 1.165) is 22.7 Å². The molecule has 0 radical (unpaired) electrons. The highest BCUT2D eigenvalue weighted by atomic mass is 32.1. The van der Waals surface area contributed by atoms with E-state index in [1.165, 1.54) is 0 Å². The number of likely N-dealkylation sites (tertiary alicyclic amines) is 1. The first-order valence-corrected chi connectivity index (χ1v) is 8.68. The Morgan fingerprint density at radius 1 is 1.35 bits per heavy atom. The zero-order valence-electron chi connectivity index (χ0n) is 13.2. The summed E-state index contributed by atoms with van der Waals surface area (Å²) in [5.41, 5.74) is 0. The van der Waals surface area contributed by atoms with Crippen molar-refractivity contribution >= 4 is 17.2 Å². The number of thiophene rings is 1. The minimum absolute atomic E-state index is 0.119. The highest BCUT2D eigenvalue weighted by Gasteiger charge is 2.45. The molecule has 2 aliphatic heterocycles. The van der Waals surface area contributed by atoms with Gasteiger partial charge in [0.15, 0.2) is 0 Å². The number of carbonyl (C=O) groups excluding carboxylic acids is 1. The SMILES string of the molecule is Cc1nnc(C[C@@H]2CO[C@H]3CN(C(=O)c4ccc(C)s4)C[C@@H]23)o1. The van der Waals surface area contributed by atoms with Crippen LogP contribution in [0.25, 0.3) is 0 Å². The molecular formula is C16H19N3O3S. The molecule has 7 heteroatoms.